The van der Waals surface area contributed by atoms with Crippen molar-refractivity contribution in [2.24, 2.45) is 0 Å². The van der Waals surface area contributed by atoms with Gasteiger partial charge in [-0.15, -0.1) is 0 Å². The molecule has 2 atom stereocenters. The summed E-state index contributed by atoms with van der Waals surface area (Å²) in [4.78, 5) is 0. The van der Waals surface area contributed by atoms with Gasteiger partial charge in [0.15, 0.2) is 11.5 Å². The second-order valence-corrected chi connectivity index (χ2v) is 4.69. The van der Waals surface area contributed by atoms with Crippen LogP contribution in [-0.2, 0) is 0 Å². The average molecular weight is 308 g/mol. The topological polar surface area (TPSA) is 131 Å². The second-order valence-electron chi connectivity index (χ2n) is 4.69. The molecule has 2 aromatic carbocycles. The van der Waals surface area contributed by atoms with Gasteiger partial charge in [-0.1, -0.05) is 12.1 Å². The molecule has 1 aliphatic heterocycles. The van der Waals surface area contributed by atoms with Crippen LogP contribution in [0.2, 0.25) is 0 Å². The van der Waals surface area contributed by atoms with E-state index in [4.69, 9.17) is 20.1 Å². The zero-order valence-corrected chi connectivity index (χ0v) is 11.4. The molecule has 0 fully saturated rings. The van der Waals surface area contributed by atoms with Crippen molar-refractivity contribution in [3.8, 4) is 28.7 Å². The third-order valence-electron chi connectivity index (χ3n) is 3.06. The minimum atomic E-state index is -1.18. The van der Waals surface area contributed by atoms with Gasteiger partial charge >= 0.3 is 0 Å². The fourth-order valence-electron chi connectivity index (χ4n) is 1.94. The number of benzene rings is 2. The number of aliphatic hydroxyl groups is 2. The van der Waals surface area contributed by atoms with Crippen molar-refractivity contribution in [3.05, 3.63) is 42.0 Å². The van der Waals surface area contributed by atoms with Crippen LogP contribution in [-0.4, -0.2) is 43.4 Å². The monoisotopic (exact) mass is 308 g/mol. The smallest absolute Gasteiger partial charge is 0.157 e. The average Bonchev–Trinajstić information content (AvgIpc) is 2.46. The molecular formula is C15H16O7. The fourth-order valence-corrected chi connectivity index (χ4v) is 1.94. The number of hydrogen-bond acceptors (Lipinski definition) is 7. The van der Waals surface area contributed by atoms with E-state index in [-0.39, 0.29) is 40.9 Å². The van der Waals surface area contributed by atoms with Crippen molar-refractivity contribution in [1.82, 2.24) is 0 Å². The number of hydrogen-bond donors (Lipinski definition) is 6. The summed E-state index contributed by atoms with van der Waals surface area (Å²) in [5, 5.41) is 54.7. The Morgan fingerprint density at radius 2 is 1.45 bits per heavy atom. The lowest BCUT2D eigenvalue weighted by Gasteiger charge is -2.27. The van der Waals surface area contributed by atoms with Crippen LogP contribution in [0.25, 0.3) is 0 Å². The van der Waals surface area contributed by atoms with E-state index in [1.54, 1.807) is 12.1 Å². The van der Waals surface area contributed by atoms with Crippen LogP contribution in [0, 0.1) is 0 Å². The van der Waals surface area contributed by atoms with Crippen molar-refractivity contribution in [2.45, 2.75) is 12.2 Å². The molecule has 2 aromatic rings. The van der Waals surface area contributed by atoms with Gasteiger partial charge in [0.25, 0.3) is 0 Å². The van der Waals surface area contributed by atoms with Gasteiger partial charge < -0.3 is 35.4 Å². The molecule has 7 nitrogen and oxygen atoms in total. The van der Waals surface area contributed by atoms with Gasteiger partial charge in [-0.05, 0) is 12.1 Å². The van der Waals surface area contributed by atoms with Crippen molar-refractivity contribution in [3.63, 3.8) is 0 Å². The third-order valence-corrected chi connectivity index (χ3v) is 3.06. The van der Waals surface area contributed by atoms with E-state index in [1.165, 1.54) is 18.2 Å². The molecule has 1 aliphatic rings. The summed E-state index contributed by atoms with van der Waals surface area (Å²) in [6.07, 6.45) is -2.24. The molecule has 0 aliphatic carbocycles. The van der Waals surface area contributed by atoms with Crippen LogP contribution >= 0.6 is 0 Å². The number of phenolic OH excluding ortho intramolecular Hbond substituents is 4. The van der Waals surface area contributed by atoms with E-state index >= 15 is 0 Å². The number of fused-ring (bicyclic) bond motifs is 1. The highest BCUT2D eigenvalue weighted by molar-refractivity contribution is 5.51. The summed E-state index contributed by atoms with van der Waals surface area (Å²) < 4.78 is 5.04. The fraction of sp³-hybridized carbons (Fsp3) is 0.200. The number of aromatic hydroxyl groups is 4. The Balaban J connectivity index is 0.000000188. The maximum absolute atomic E-state index is 9.53. The Bertz CT molecular complexity index is 635. The quantitative estimate of drug-likeness (QED) is 0.400. The molecule has 118 valence electrons. The Morgan fingerprint density at radius 3 is 2.00 bits per heavy atom. The van der Waals surface area contributed by atoms with Crippen molar-refractivity contribution in [1.29, 1.82) is 0 Å². The first kappa shape index (κ1) is 15.7. The maximum Gasteiger partial charge on any atom is 0.157 e. The van der Waals surface area contributed by atoms with E-state index in [2.05, 4.69) is 0 Å². The predicted molar refractivity (Wildman–Crippen MR) is 76.0 cm³/mol. The first-order valence-electron chi connectivity index (χ1n) is 6.42. The van der Waals surface area contributed by atoms with Gasteiger partial charge in [0.1, 0.15) is 36.1 Å². The molecule has 7 heteroatoms. The third kappa shape index (κ3) is 3.33. The van der Waals surface area contributed by atoms with Crippen LogP contribution in [0.3, 0.4) is 0 Å². The molecule has 1 heterocycles. The normalized spacial score (nSPS) is 19.4. The van der Waals surface area contributed by atoms with Crippen LogP contribution in [0.15, 0.2) is 36.4 Å². The highest BCUT2D eigenvalue weighted by Gasteiger charge is 2.30. The van der Waals surface area contributed by atoms with Gasteiger partial charge in [0.05, 0.1) is 5.56 Å². The van der Waals surface area contributed by atoms with Gasteiger partial charge in [-0.25, -0.2) is 0 Å². The van der Waals surface area contributed by atoms with Crippen LogP contribution < -0.4 is 4.74 Å². The second kappa shape index (κ2) is 6.42. The van der Waals surface area contributed by atoms with E-state index in [9.17, 15) is 15.3 Å². The number of phenols is 4. The van der Waals surface area contributed by atoms with E-state index in [0.29, 0.717) is 0 Å². The lowest BCUT2D eigenvalue weighted by molar-refractivity contribution is -0.0269. The lowest BCUT2D eigenvalue weighted by Crippen LogP contribution is -2.30. The lowest BCUT2D eigenvalue weighted by atomic mass is 10.00. The summed E-state index contributed by atoms with van der Waals surface area (Å²) >= 11 is 0. The number of aliphatic hydroxyl groups excluding tert-OH is 2. The standard InChI is InChI=1S/C9H10O5.C6H6O2/c10-4-1-5(11)8-7(2-4)14-3-6(12)9(8)13;7-5-3-1-2-4-6(5)8/h1-2,6,9-13H,3H2;1-4,7-8H/t6-,9?;/m1./s1. The van der Waals surface area contributed by atoms with Gasteiger partial charge in [-0.3, -0.25) is 0 Å². The van der Waals surface area contributed by atoms with Crippen LogP contribution in [0.1, 0.15) is 11.7 Å². The summed E-state index contributed by atoms with van der Waals surface area (Å²) in [6, 6.07) is 8.52. The minimum absolute atomic E-state index is 0.0585. The molecule has 0 radical (unpaired) electrons. The Kier molecular flexibility index (Phi) is 4.59. The molecule has 0 aromatic heterocycles. The van der Waals surface area contributed by atoms with E-state index in [1.807, 2.05) is 0 Å². The van der Waals surface area contributed by atoms with Crippen LogP contribution in [0.5, 0.6) is 28.7 Å². The van der Waals surface area contributed by atoms with Crippen molar-refractivity contribution >= 4 is 0 Å². The molecular weight excluding hydrogens is 292 g/mol. The molecule has 6 N–H and O–H groups in total. The maximum atomic E-state index is 9.53. The number of rotatable bonds is 0. The summed E-state index contributed by atoms with van der Waals surface area (Å²) in [6.45, 7) is -0.0585. The van der Waals surface area contributed by atoms with Crippen molar-refractivity contribution < 1.29 is 35.4 Å². The van der Waals surface area contributed by atoms with Crippen molar-refractivity contribution in [2.75, 3.05) is 6.61 Å². The Hall–Kier alpha value is -2.64. The molecule has 0 bridgehead atoms. The summed E-state index contributed by atoms with van der Waals surface area (Å²) in [5.74, 6) is -0.392. The Morgan fingerprint density at radius 1 is 0.864 bits per heavy atom. The van der Waals surface area contributed by atoms with Gasteiger partial charge in [0.2, 0.25) is 0 Å². The molecule has 22 heavy (non-hydrogen) atoms. The SMILES string of the molecule is Oc1cc(O)c2c(c1)OC[C@@H](O)C2O.Oc1ccccc1O. The molecule has 1 unspecified atom stereocenters. The summed E-state index contributed by atoms with van der Waals surface area (Å²) in [5.41, 5.74) is 0.113. The zero-order chi connectivity index (χ0) is 16.3. The zero-order valence-electron chi connectivity index (χ0n) is 11.4. The number of ether oxygens (including phenoxy) is 1. The van der Waals surface area contributed by atoms with E-state index < -0.39 is 12.2 Å². The molecule has 0 saturated carbocycles. The largest absolute Gasteiger partial charge is 0.508 e. The van der Waals surface area contributed by atoms with Crippen LogP contribution in [0.4, 0.5) is 0 Å². The first-order valence-corrected chi connectivity index (χ1v) is 6.42. The molecule has 0 spiro atoms. The Labute approximate surface area is 125 Å². The highest BCUT2D eigenvalue weighted by Crippen LogP contribution is 2.41. The molecule has 0 amide bonds. The minimum Gasteiger partial charge on any atom is -0.508 e. The molecule has 0 saturated heterocycles. The molecule has 3 rings (SSSR count). The first-order chi connectivity index (χ1) is 10.4. The highest BCUT2D eigenvalue weighted by atomic mass is 16.5. The summed E-state index contributed by atoms with van der Waals surface area (Å²) in [7, 11) is 0. The predicted octanol–water partition coefficient (Wildman–Crippen LogP) is 0.982. The van der Waals surface area contributed by atoms with Gasteiger partial charge in [-0.2, -0.15) is 0 Å². The number of para-hydroxylation sites is 2. The van der Waals surface area contributed by atoms with E-state index in [0.717, 1.165) is 6.07 Å². The van der Waals surface area contributed by atoms with Gasteiger partial charge in [0, 0.05) is 12.1 Å².